The van der Waals surface area contributed by atoms with Gasteiger partial charge in [-0.25, -0.2) is 13.1 Å². The lowest BCUT2D eigenvalue weighted by molar-refractivity contribution is 0.581. The highest BCUT2D eigenvalue weighted by atomic mass is 79.9. The molecule has 1 atom stereocenters. The molecule has 0 spiro atoms. The molecule has 0 radical (unpaired) electrons. The van der Waals surface area contributed by atoms with Crippen LogP contribution in [0.4, 0.5) is 0 Å². The standard InChI is InChI=1S/C9H11BrClNO2S/c1-7(11)6-12-15(13,14)9-4-2-3-8(10)5-9/h2-5,7,12H,6H2,1H3. The van der Waals surface area contributed by atoms with Gasteiger partial charge in [0, 0.05) is 16.4 Å². The third-order valence-electron chi connectivity index (χ3n) is 1.66. The molecule has 0 aliphatic heterocycles. The number of sulfonamides is 1. The first-order valence-electron chi connectivity index (χ1n) is 4.31. The first kappa shape index (κ1) is 13.0. The van der Waals surface area contributed by atoms with Gasteiger partial charge in [-0.3, -0.25) is 0 Å². The summed E-state index contributed by atoms with van der Waals surface area (Å²) in [5.74, 6) is 0. The van der Waals surface area contributed by atoms with Crippen LogP contribution < -0.4 is 4.72 Å². The molecule has 3 nitrogen and oxygen atoms in total. The first-order chi connectivity index (χ1) is 6.92. The average molecular weight is 313 g/mol. The molecule has 1 aromatic rings. The van der Waals surface area contributed by atoms with Gasteiger partial charge in [0.25, 0.3) is 0 Å². The van der Waals surface area contributed by atoms with E-state index < -0.39 is 10.0 Å². The Kier molecular flexibility index (Phi) is 4.58. The van der Waals surface area contributed by atoms with E-state index in [1.165, 1.54) is 6.07 Å². The number of benzene rings is 1. The highest BCUT2D eigenvalue weighted by Gasteiger charge is 2.14. The van der Waals surface area contributed by atoms with Crippen LogP contribution in [0.15, 0.2) is 33.6 Å². The van der Waals surface area contributed by atoms with Crippen LogP contribution in [-0.2, 0) is 10.0 Å². The van der Waals surface area contributed by atoms with Gasteiger partial charge in [-0.1, -0.05) is 22.0 Å². The number of hydrogen-bond donors (Lipinski definition) is 1. The van der Waals surface area contributed by atoms with Gasteiger partial charge in [-0.2, -0.15) is 0 Å². The molecule has 0 saturated carbocycles. The van der Waals surface area contributed by atoms with E-state index in [1.54, 1.807) is 25.1 Å². The Balaban J connectivity index is 2.87. The molecule has 0 aliphatic carbocycles. The van der Waals surface area contributed by atoms with E-state index in [9.17, 15) is 8.42 Å². The number of halogens is 2. The van der Waals surface area contributed by atoms with Crippen molar-refractivity contribution in [3.05, 3.63) is 28.7 Å². The zero-order chi connectivity index (χ0) is 11.5. The highest BCUT2D eigenvalue weighted by Crippen LogP contribution is 2.15. The third-order valence-corrected chi connectivity index (χ3v) is 3.73. The summed E-state index contributed by atoms with van der Waals surface area (Å²) < 4.78 is 26.5. The Morgan fingerprint density at radius 3 is 2.73 bits per heavy atom. The van der Waals surface area contributed by atoms with E-state index in [2.05, 4.69) is 20.7 Å². The van der Waals surface area contributed by atoms with Crippen molar-refractivity contribution in [1.82, 2.24) is 4.72 Å². The number of nitrogens with one attached hydrogen (secondary N) is 1. The van der Waals surface area contributed by atoms with Crippen molar-refractivity contribution in [2.75, 3.05) is 6.54 Å². The summed E-state index contributed by atoms with van der Waals surface area (Å²) in [6.07, 6.45) is 0. The SMILES string of the molecule is CC(Cl)CNS(=O)(=O)c1cccc(Br)c1. The molecular formula is C9H11BrClNO2S. The lowest BCUT2D eigenvalue weighted by Crippen LogP contribution is -2.28. The Hall–Kier alpha value is -0.100. The Morgan fingerprint density at radius 1 is 1.53 bits per heavy atom. The molecular weight excluding hydrogens is 302 g/mol. The predicted molar refractivity (Wildman–Crippen MR) is 64.6 cm³/mol. The molecule has 0 saturated heterocycles. The molecule has 1 aromatic carbocycles. The first-order valence-corrected chi connectivity index (χ1v) is 7.02. The van der Waals surface area contributed by atoms with E-state index in [0.29, 0.717) is 0 Å². The Morgan fingerprint density at radius 2 is 2.20 bits per heavy atom. The minimum atomic E-state index is -3.44. The maximum atomic E-state index is 11.7. The van der Waals surface area contributed by atoms with Crippen LogP contribution in [-0.4, -0.2) is 20.3 Å². The van der Waals surface area contributed by atoms with Gasteiger partial charge in [0.2, 0.25) is 10.0 Å². The fraction of sp³-hybridized carbons (Fsp3) is 0.333. The summed E-state index contributed by atoms with van der Waals surface area (Å²) in [5, 5.41) is -0.230. The molecule has 1 rings (SSSR count). The molecule has 0 bridgehead atoms. The summed E-state index contributed by atoms with van der Waals surface area (Å²) in [7, 11) is -3.44. The molecule has 15 heavy (non-hydrogen) atoms. The van der Waals surface area contributed by atoms with Crippen LogP contribution in [0.25, 0.3) is 0 Å². The normalized spacial score (nSPS) is 13.8. The lowest BCUT2D eigenvalue weighted by Gasteiger charge is -2.07. The van der Waals surface area contributed by atoms with Gasteiger partial charge in [-0.15, -0.1) is 11.6 Å². The van der Waals surface area contributed by atoms with Gasteiger partial charge in [-0.05, 0) is 25.1 Å². The molecule has 84 valence electrons. The van der Waals surface area contributed by atoms with Crippen LogP contribution >= 0.6 is 27.5 Å². The monoisotopic (exact) mass is 311 g/mol. The second kappa shape index (κ2) is 5.30. The van der Waals surface area contributed by atoms with Crippen molar-refractivity contribution in [1.29, 1.82) is 0 Å². The molecule has 0 heterocycles. The van der Waals surface area contributed by atoms with Crippen LogP contribution in [0.5, 0.6) is 0 Å². The second-order valence-corrected chi connectivity index (χ2v) is 6.52. The fourth-order valence-corrected chi connectivity index (χ4v) is 2.84. The van der Waals surface area contributed by atoms with Crippen molar-refractivity contribution in [3.63, 3.8) is 0 Å². The van der Waals surface area contributed by atoms with E-state index in [4.69, 9.17) is 11.6 Å². The molecule has 6 heteroatoms. The maximum Gasteiger partial charge on any atom is 0.240 e. The fourth-order valence-electron chi connectivity index (χ4n) is 0.942. The van der Waals surface area contributed by atoms with Crippen LogP contribution in [0.2, 0.25) is 0 Å². The topological polar surface area (TPSA) is 46.2 Å². The third kappa shape index (κ3) is 4.10. The van der Waals surface area contributed by atoms with E-state index >= 15 is 0 Å². The summed E-state index contributed by atoms with van der Waals surface area (Å²) >= 11 is 8.88. The van der Waals surface area contributed by atoms with Crippen molar-refractivity contribution in [2.45, 2.75) is 17.2 Å². The van der Waals surface area contributed by atoms with Crippen LogP contribution in [0.3, 0.4) is 0 Å². The van der Waals surface area contributed by atoms with Crippen molar-refractivity contribution in [2.24, 2.45) is 0 Å². The van der Waals surface area contributed by atoms with E-state index in [0.717, 1.165) is 4.47 Å². The van der Waals surface area contributed by atoms with Gasteiger partial charge in [0.1, 0.15) is 0 Å². The molecule has 0 amide bonds. The summed E-state index contributed by atoms with van der Waals surface area (Å²) in [6.45, 7) is 1.95. The number of rotatable bonds is 4. The maximum absolute atomic E-state index is 11.7. The molecule has 1 N–H and O–H groups in total. The largest absolute Gasteiger partial charge is 0.240 e. The Labute approximate surface area is 103 Å². The predicted octanol–water partition coefficient (Wildman–Crippen LogP) is 2.35. The molecule has 0 aromatic heterocycles. The van der Waals surface area contributed by atoms with Crippen molar-refractivity contribution < 1.29 is 8.42 Å². The van der Waals surface area contributed by atoms with Crippen LogP contribution in [0.1, 0.15) is 6.92 Å². The average Bonchev–Trinajstić information content (AvgIpc) is 2.15. The summed E-state index contributed by atoms with van der Waals surface area (Å²) in [4.78, 5) is 0.231. The minimum Gasteiger partial charge on any atom is -0.210 e. The molecule has 0 aliphatic rings. The van der Waals surface area contributed by atoms with Gasteiger partial charge >= 0.3 is 0 Å². The zero-order valence-corrected chi connectivity index (χ0v) is 11.2. The number of alkyl halides is 1. The number of hydrogen-bond acceptors (Lipinski definition) is 2. The minimum absolute atomic E-state index is 0.219. The Bertz CT molecular complexity index is 433. The van der Waals surface area contributed by atoms with E-state index in [-0.39, 0.29) is 16.8 Å². The van der Waals surface area contributed by atoms with Gasteiger partial charge in [0.15, 0.2) is 0 Å². The van der Waals surface area contributed by atoms with Crippen LogP contribution in [0, 0.1) is 0 Å². The van der Waals surface area contributed by atoms with Gasteiger partial charge in [0.05, 0.1) is 4.90 Å². The lowest BCUT2D eigenvalue weighted by atomic mass is 10.4. The van der Waals surface area contributed by atoms with Crippen molar-refractivity contribution in [3.8, 4) is 0 Å². The summed E-state index contributed by atoms with van der Waals surface area (Å²) in [5.41, 5.74) is 0. The highest BCUT2D eigenvalue weighted by molar-refractivity contribution is 9.10. The van der Waals surface area contributed by atoms with E-state index in [1.807, 2.05) is 0 Å². The second-order valence-electron chi connectivity index (χ2n) is 3.09. The zero-order valence-electron chi connectivity index (χ0n) is 8.07. The summed E-state index contributed by atoms with van der Waals surface area (Å²) in [6, 6.07) is 6.51. The quantitative estimate of drug-likeness (QED) is 0.868. The van der Waals surface area contributed by atoms with Crippen molar-refractivity contribution >= 4 is 37.6 Å². The van der Waals surface area contributed by atoms with Gasteiger partial charge < -0.3 is 0 Å². The molecule has 0 fully saturated rings. The smallest absolute Gasteiger partial charge is 0.210 e. The molecule has 1 unspecified atom stereocenters.